The molecule has 0 N–H and O–H groups in total. The van der Waals surface area contributed by atoms with Crippen molar-refractivity contribution in [3.05, 3.63) is 36.0 Å². The normalized spacial score (nSPS) is 9.33. The summed E-state index contributed by atoms with van der Waals surface area (Å²) < 4.78 is 5.22. The highest BCUT2D eigenvalue weighted by molar-refractivity contribution is 5.86. The molecule has 0 aliphatic rings. The highest BCUT2D eigenvalue weighted by Gasteiger charge is 2.02. The Bertz CT molecular complexity index is 437. The van der Waals surface area contributed by atoms with Gasteiger partial charge >= 0.3 is 0 Å². The first-order valence-electron chi connectivity index (χ1n) is 5.21. The standard InChI is InChI=1S/C11H11NO.C2H6/c1-8-6-7-12-11-9(8)4-3-5-10(11)13-2;1-2/h3-7H,1-2H3;1-2H3. The van der Waals surface area contributed by atoms with Crippen LogP contribution in [0.15, 0.2) is 30.5 Å². The Morgan fingerprint density at radius 1 is 1.13 bits per heavy atom. The molecule has 0 aliphatic heterocycles. The van der Waals surface area contributed by atoms with Gasteiger partial charge in [0.2, 0.25) is 0 Å². The van der Waals surface area contributed by atoms with Crippen molar-refractivity contribution in [1.29, 1.82) is 0 Å². The van der Waals surface area contributed by atoms with E-state index in [0.29, 0.717) is 0 Å². The zero-order valence-corrected chi connectivity index (χ0v) is 9.74. The number of hydrogen-bond donors (Lipinski definition) is 0. The van der Waals surface area contributed by atoms with Gasteiger partial charge in [-0.15, -0.1) is 0 Å². The lowest BCUT2D eigenvalue weighted by Crippen LogP contribution is -1.88. The van der Waals surface area contributed by atoms with Gasteiger partial charge in [0.25, 0.3) is 0 Å². The molecule has 0 radical (unpaired) electrons. The van der Waals surface area contributed by atoms with Gasteiger partial charge in [-0.3, -0.25) is 4.98 Å². The predicted molar refractivity (Wildman–Crippen MR) is 64.4 cm³/mol. The van der Waals surface area contributed by atoms with E-state index in [1.54, 1.807) is 13.3 Å². The van der Waals surface area contributed by atoms with Crippen molar-refractivity contribution >= 4 is 10.9 Å². The fourth-order valence-corrected chi connectivity index (χ4v) is 1.45. The van der Waals surface area contributed by atoms with Gasteiger partial charge in [-0.25, -0.2) is 0 Å². The van der Waals surface area contributed by atoms with Gasteiger partial charge in [-0.1, -0.05) is 26.0 Å². The van der Waals surface area contributed by atoms with Gasteiger partial charge in [-0.05, 0) is 24.6 Å². The second-order valence-electron chi connectivity index (χ2n) is 2.98. The minimum atomic E-state index is 0.834. The molecule has 0 saturated heterocycles. The van der Waals surface area contributed by atoms with Crippen molar-refractivity contribution in [1.82, 2.24) is 4.98 Å². The summed E-state index contributed by atoms with van der Waals surface area (Å²) in [6.45, 7) is 6.07. The first-order chi connectivity index (χ1) is 7.33. The maximum atomic E-state index is 5.22. The summed E-state index contributed by atoms with van der Waals surface area (Å²) in [5, 5.41) is 1.15. The predicted octanol–water partition coefficient (Wildman–Crippen LogP) is 3.58. The third kappa shape index (κ3) is 2.27. The van der Waals surface area contributed by atoms with Gasteiger partial charge in [0, 0.05) is 11.6 Å². The number of aryl methyl sites for hydroxylation is 1. The molecule has 0 amide bonds. The van der Waals surface area contributed by atoms with Crippen LogP contribution in [0.25, 0.3) is 10.9 Å². The molecule has 2 aromatic rings. The molecular formula is C13H17NO. The molecule has 0 spiro atoms. The quantitative estimate of drug-likeness (QED) is 0.706. The molecule has 1 heterocycles. The van der Waals surface area contributed by atoms with Crippen LogP contribution in [0, 0.1) is 6.92 Å². The van der Waals surface area contributed by atoms with Gasteiger partial charge in [0.15, 0.2) is 0 Å². The molecule has 0 fully saturated rings. The van der Waals surface area contributed by atoms with Crippen LogP contribution in [0.4, 0.5) is 0 Å². The Kier molecular flexibility index (Phi) is 4.10. The van der Waals surface area contributed by atoms with Gasteiger partial charge in [0.1, 0.15) is 11.3 Å². The van der Waals surface area contributed by atoms with E-state index in [1.165, 1.54) is 5.56 Å². The lowest BCUT2D eigenvalue weighted by molar-refractivity contribution is 0.419. The fraction of sp³-hybridized carbons (Fsp3) is 0.308. The lowest BCUT2D eigenvalue weighted by atomic mass is 10.1. The summed E-state index contributed by atoms with van der Waals surface area (Å²) in [6.07, 6.45) is 1.81. The van der Waals surface area contributed by atoms with Crippen LogP contribution in [0.5, 0.6) is 5.75 Å². The number of fused-ring (bicyclic) bond motifs is 1. The Labute approximate surface area is 90.9 Å². The van der Waals surface area contributed by atoms with Crippen molar-refractivity contribution < 1.29 is 4.74 Å². The SMILES string of the molecule is CC.COc1cccc2c(C)ccnc12. The summed E-state index contributed by atoms with van der Waals surface area (Å²) in [6, 6.07) is 7.96. The average Bonchev–Trinajstić information content (AvgIpc) is 2.32. The highest BCUT2D eigenvalue weighted by atomic mass is 16.5. The van der Waals surface area contributed by atoms with Gasteiger partial charge in [-0.2, -0.15) is 0 Å². The molecule has 1 aromatic heterocycles. The molecule has 2 heteroatoms. The number of rotatable bonds is 1. The smallest absolute Gasteiger partial charge is 0.145 e. The van der Waals surface area contributed by atoms with E-state index in [-0.39, 0.29) is 0 Å². The molecular weight excluding hydrogens is 186 g/mol. The van der Waals surface area contributed by atoms with Crippen LogP contribution in [-0.4, -0.2) is 12.1 Å². The van der Waals surface area contributed by atoms with E-state index in [1.807, 2.05) is 32.0 Å². The van der Waals surface area contributed by atoms with Gasteiger partial charge < -0.3 is 4.74 Å². The molecule has 0 unspecified atom stereocenters. The van der Waals surface area contributed by atoms with E-state index >= 15 is 0 Å². The number of benzene rings is 1. The second-order valence-corrected chi connectivity index (χ2v) is 2.98. The Balaban J connectivity index is 0.000000531. The number of methoxy groups -OCH3 is 1. The molecule has 0 aliphatic carbocycles. The summed E-state index contributed by atoms with van der Waals surface area (Å²) in [5.41, 5.74) is 2.16. The Hall–Kier alpha value is -1.57. The third-order valence-corrected chi connectivity index (χ3v) is 2.17. The van der Waals surface area contributed by atoms with Crippen LogP contribution < -0.4 is 4.74 Å². The molecule has 0 saturated carbocycles. The fourth-order valence-electron chi connectivity index (χ4n) is 1.45. The summed E-state index contributed by atoms with van der Waals surface area (Å²) >= 11 is 0. The molecule has 15 heavy (non-hydrogen) atoms. The number of pyridine rings is 1. The molecule has 80 valence electrons. The molecule has 0 bridgehead atoms. The van der Waals surface area contributed by atoms with Crippen molar-refractivity contribution in [2.24, 2.45) is 0 Å². The Morgan fingerprint density at radius 3 is 2.53 bits per heavy atom. The zero-order valence-electron chi connectivity index (χ0n) is 9.74. The third-order valence-electron chi connectivity index (χ3n) is 2.17. The maximum Gasteiger partial charge on any atom is 0.145 e. The second kappa shape index (κ2) is 5.35. The summed E-state index contributed by atoms with van der Waals surface area (Å²) in [5.74, 6) is 0.834. The minimum Gasteiger partial charge on any atom is -0.494 e. The molecule has 1 aromatic carbocycles. The van der Waals surface area contributed by atoms with Crippen molar-refractivity contribution in [2.75, 3.05) is 7.11 Å². The largest absolute Gasteiger partial charge is 0.494 e. The van der Waals surface area contributed by atoms with E-state index in [9.17, 15) is 0 Å². The van der Waals surface area contributed by atoms with Crippen molar-refractivity contribution in [3.8, 4) is 5.75 Å². The van der Waals surface area contributed by atoms with Crippen LogP contribution in [0.2, 0.25) is 0 Å². The summed E-state index contributed by atoms with van der Waals surface area (Å²) in [7, 11) is 1.67. The molecule has 2 nitrogen and oxygen atoms in total. The number of hydrogen-bond acceptors (Lipinski definition) is 2. The molecule has 2 rings (SSSR count). The van der Waals surface area contributed by atoms with Gasteiger partial charge in [0.05, 0.1) is 7.11 Å². The number of ether oxygens (including phenoxy) is 1. The van der Waals surface area contributed by atoms with E-state index in [0.717, 1.165) is 16.7 Å². The zero-order chi connectivity index (χ0) is 11.3. The van der Waals surface area contributed by atoms with Crippen molar-refractivity contribution in [3.63, 3.8) is 0 Å². The van der Waals surface area contributed by atoms with Crippen LogP contribution in [0.3, 0.4) is 0 Å². The minimum absolute atomic E-state index is 0.834. The highest BCUT2D eigenvalue weighted by Crippen LogP contribution is 2.24. The topological polar surface area (TPSA) is 22.1 Å². The Morgan fingerprint density at radius 2 is 1.87 bits per heavy atom. The number of aromatic nitrogens is 1. The van der Waals surface area contributed by atoms with Crippen LogP contribution >= 0.6 is 0 Å². The first kappa shape index (κ1) is 11.5. The van der Waals surface area contributed by atoms with Crippen LogP contribution in [0.1, 0.15) is 19.4 Å². The monoisotopic (exact) mass is 203 g/mol. The van der Waals surface area contributed by atoms with E-state index in [2.05, 4.69) is 18.0 Å². The van der Waals surface area contributed by atoms with Crippen LogP contribution in [-0.2, 0) is 0 Å². The van der Waals surface area contributed by atoms with E-state index < -0.39 is 0 Å². The van der Waals surface area contributed by atoms with E-state index in [4.69, 9.17) is 4.74 Å². The first-order valence-corrected chi connectivity index (χ1v) is 5.21. The summed E-state index contributed by atoms with van der Waals surface area (Å²) in [4.78, 5) is 4.29. The van der Waals surface area contributed by atoms with Crippen molar-refractivity contribution in [2.45, 2.75) is 20.8 Å². The molecule has 0 atom stereocenters. The maximum absolute atomic E-state index is 5.22. The number of para-hydroxylation sites is 1. The average molecular weight is 203 g/mol. The lowest BCUT2D eigenvalue weighted by Gasteiger charge is -2.05. The number of nitrogens with zero attached hydrogens (tertiary/aromatic N) is 1.